The third-order valence-electron chi connectivity index (χ3n) is 3.86. The molecule has 3 rings (SSSR count). The number of aromatic nitrogens is 1. The molecule has 2 aromatic carbocycles. The molecule has 0 amide bonds. The molecule has 0 saturated heterocycles. The van der Waals surface area contributed by atoms with Crippen molar-refractivity contribution in [1.29, 1.82) is 0 Å². The minimum Gasteiger partial charge on any atom is -0.372 e. The number of aromatic amines is 1. The summed E-state index contributed by atoms with van der Waals surface area (Å²) in [5.41, 5.74) is 5.07. The van der Waals surface area contributed by atoms with Crippen molar-refractivity contribution in [2.24, 2.45) is 0 Å². The van der Waals surface area contributed by atoms with Crippen molar-refractivity contribution in [2.45, 2.75) is 20.8 Å². The molecule has 0 spiro atoms. The van der Waals surface area contributed by atoms with E-state index in [9.17, 15) is 0 Å². The first-order valence-electron chi connectivity index (χ1n) is 7.49. The summed E-state index contributed by atoms with van der Waals surface area (Å²) in [5, 5.41) is 1.22. The Morgan fingerprint density at radius 2 is 1.71 bits per heavy atom. The average molecular weight is 297 g/mol. The number of hydrogen-bond acceptors (Lipinski definition) is 2. The molecule has 1 N–H and O–H groups in total. The number of nitrogens with zero attached hydrogens (tertiary/aromatic N) is 1. The smallest absolute Gasteiger partial charge is 0.268 e. The summed E-state index contributed by atoms with van der Waals surface area (Å²) in [6, 6.07) is 15.4. The number of H-pyrrole nitrogens is 1. The molecule has 3 heteroatoms. The molecule has 0 fully saturated rings. The summed E-state index contributed by atoms with van der Waals surface area (Å²) in [4.78, 5) is 5.88. The maximum absolute atomic E-state index is 3.52. The summed E-state index contributed by atoms with van der Waals surface area (Å²) in [7, 11) is 0. The Bertz CT molecular complexity index is 740. The van der Waals surface area contributed by atoms with Gasteiger partial charge in [0, 0.05) is 24.8 Å². The van der Waals surface area contributed by atoms with Crippen LogP contribution in [0.25, 0.3) is 20.8 Å². The van der Waals surface area contributed by atoms with Crippen LogP contribution in [0.1, 0.15) is 19.4 Å². The first kappa shape index (κ1) is 14.1. The van der Waals surface area contributed by atoms with Crippen molar-refractivity contribution in [3.05, 3.63) is 48.0 Å². The monoisotopic (exact) mass is 297 g/mol. The Hall–Kier alpha value is -1.87. The second-order valence-corrected chi connectivity index (χ2v) is 6.33. The molecule has 0 bridgehead atoms. The van der Waals surface area contributed by atoms with E-state index in [1.54, 1.807) is 0 Å². The van der Waals surface area contributed by atoms with Crippen LogP contribution in [0.15, 0.2) is 42.5 Å². The van der Waals surface area contributed by atoms with Gasteiger partial charge in [-0.15, -0.1) is 0 Å². The summed E-state index contributed by atoms with van der Waals surface area (Å²) in [6.07, 6.45) is 0. The van der Waals surface area contributed by atoms with Gasteiger partial charge in [0.1, 0.15) is 4.70 Å². The van der Waals surface area contributed by atoms with Gasteiger partial charge in [0.15, 0.2) is 0 Å². The van der Waals surface area contributed by atoms with E-state index in [0.717, 1.165) is 13.1 Å². The van der Waals surface area contributed by atoms with Gasteiger partial charge in [-0.05, 0) is 56.7 Å². The predicted molar refractivity (Wildman–Crippen MR) is 92.1 cm³/mol. The number of thiazole rings is 1. The van der Waals surface area contributed by atoms with E-state index in [1.807, 2.05) is 11.3 Å². The summed E-state index contributed by atoms with van der Waals surface area (Å²) in [5.74, 6) is 0. The van der Waals surface area contributed by atoms with Gasteiger partial charge in [0.25, 0.3) is 5.01 Å². The van der Waals surface area contributed by atoms with E-state index in [4.69, 9.17) is 0 Å². The van der Waals surface area contributed by atoms with Gasteiger partial charge in [0.05, 0.1) is 5.56 Å². The SMILES string of the molecule is CCN(CC)c1ccc(-c2[nH+]c3ccc(C)cc3s2)cc1. The fourth-order valence-electron chi connectivity index (χ4n) is 2.62. The van der Waals surface area contributed by atoms with Crippen molar-refractivity contribution in [3.63, 3.8) is 0 Å². The number of nitrogens with one attached hydrogen (secondary N) is 1. The third-order valence-corrected chi connectivity index (χ3v) is 4.95. The highest BCUT2D eigenvalue weighted by Crippen LogP contribution is 2.28. The lowest BCUT2D eigenvalue weighted by Gasteiger charge is -2.20. The fourth-order valence-corrected chi connectivity index (χ4v) is 3.73. The molecular formula is C18H21N2S+. The van der Waals surface area contributed by atoms with Crippen LogP contribution in [-0.4, -0.2) is 13.1 Å². The van der Waals surface area contributed by atoms with Crippen LogP contribution in [0.3, 0.4) is 0 Å². The van der Waals surface area contributed by atoms with Crippen molar-refractivity contribution in [3.8, 4) is 10.6 Å². The van der Waals surface area contributed by atoms with Crippen LogP contribution < -0.4 is 9.88 Å². The normalized spacial score (nSPS) is 11.0. The van der Waals surface area contributed by atoms with Crippen molar-refractivity contribution in [2.75, 3.05) is 18.0 Å². The van der Waals surface area contributed by atoms with E-state index < -0.39 is 0 Å². The Morgan fingerprint density at radius 1 is 1.00 bits per heavy atom. The van der Waals surface area contributed by atoms with Crippen LogP contribution in [-0.2, 0) is 0 Å². The Kier molecular flexibility index (Phi) is 3.93. The molecule has 0 aliphatic heterocycles. The van der Waals surface area contributed by atoms with Gasteiger partial charge in [-0.3, -0.25) is 0 Å². The van der Waals surface area contributed by atoms with E-state index in [1.165, 1.54) is 32.0 Å². The Morgan fingerprint density at radius 3 is 2.38 bits per heavy atom. The molecule has 108 valence electrons. The van der Waals surface area contributed by atoms with E-state index >= 15 is 0 Å². The number of fused-ring (bicyclic) bond motifs is 1. The lowest BCUT2D eigenvalue weighted by atomic mass is 10.2. The number of anilines is 1. The van der Waals surface area contributed by atoms with Crippen LogP contribution >= 0.6 is 11.3 Å². The minimum absolute atomic E-state index is 1.05. The zero-order chi connectivity index (χ0) is 14.8. The van der Waals surface area contributed by atoms with Gasteiger partial charge in [-0.25, -0.2) is 0 Å². The van der Waals surface area contributed by atoms with Crippen molar-refractivity contribution < 1.29 is 4.98 Å². The molecule has 0 aliphatic rings. The predicted octanol–water partition coefficient (Wildman–Crippen LogP) is 4.54. The lowest BCUT2D eigenvalue weighted by molar-refractivity contribution is -0.325. The molecule has 2 nitrogen and oxygen atoms in total. The molecule has 0 atom stereocenters. The standard InChI is InChI=1S/C18H20N2S/c1-4-20(5-2)15-9-7-14(8-10-15)18-19-16-11-6-13(3)12-17(16)21-18/h6-12H,4-5H2,1-3H3/p+1. The molecule has 3 aromatic rings. The largest absolute Gasteiger partial charge is 0.372 e. The lowest BCUT2D eigenvalue weighted by Crippen LogP contribution is -2.21. The van der Waals surface area contributed by atoms with Gasteiger partial charge < -0.3 is 4.90 Å². The van der Waals surface area contributed by atoms with E-state index in [2.05, 4.69) is 73.1 Å². The number of benzene rings is 2. The minimum atomic E-state index is 1.05. The molecule has 0 saturated carbocycles. The van der Waals surface area contributed by atoms with E-state index in [0.29, 0.717) is 0 Å². The van der Waals surface area contributed by atoms with Gasteiger partial charge in [-0.1, -0.05) is 17.4 Å². The third kappa shape index (κ3) is 2.79. The average Bonchev–Trinajstić information content (AvgIpc) is 2.92. The van der Waals surface area contributed by atoms with Gasteiger partial charge in [0.2, 0.25) is 5.52 Å². The molecule has 0 aliphatic carbocycles. The first-order valence-corrected chi connectivity index (χ1v) is 8.30. The fraction of sp³-hybridized carbons (Fsp3) is 0.278. The highest BCUT2D eigenvalue weighted by molar-refractivity contribution is 7.21. The quantitative estimate of drug-likeness (QED) is 0.691. The molecule has 1 heterocycles. The highest BCUT2D eigenvalue weighted by atomic mass is 32.1. The second-order valence-electron chi connectivity index (χ2n) is 5.27. The summed E-state index contributed by atoms with van der Waals surface area (Å²) >= 11 is 1.82. The van der Waals surface area contributed by atoms with Gasteiger partial charge >= 0.3 is 0 Å². The number of rotatable bonds is 4. The van der Waals surface area contributed by atoms with Gasteiger partial charge in [-0.2, -0.15) is 4.98 Å². The second kappa shape index (κ2) is 5.86. The number of aryl methyl sites for hydroxylation is 1. The zero-order valence-corrected chi connectivity index (χ0v) is 13.6. The van der Waals surface area contributed by atoms with Crippen molar-refractivity contribution in [1.82, 2.24) is 0 Å². The van der Waals surface area contributed by atoms with Crippen LogP contribution in [0.4, 0.5) is 5.69 Å². The maximum atomic E-state index is 3.52. The van der Waals surface area contributed by atoms with E-state index in [-0.39, 0.29) is 0 Å². The van der Waals surface area contributed by atoms with Crippen LogP contribution in [0.5, 0.6) is 0 Å². The van der Waals surface area contributed by atoms with Crippen molar-refractivity contribution >= 4 is 27.2 Å². The topological polar surface area (TPSA) is 17.4 Å². The van der Waals surface area contributed by atoms with Crippen LogP contribution in [0, 0.1) is 6.92 Å². The molecule has 21 heavy (non-hydrogen) atoms. The molecule has 0 radical (unpaired) electrons. The Balaban J connectivity index is 1.95. The molecule has 0 unspecified atom stereocenters. The Labute approximate surface area is 130 Å². The zero-order valence-electron chi connectivity index (χ0n) is 12.8. The summed E-state index contributed by atoms with van der Waals surface area (Å²) in [6.45, 7) is 8.62. The maximum Gasteiger partial charge on any atom is 0.268 e. The molecular weight excluding hydrogens is 276 g/mol. The molecule has 1 aromatic heterocycles. The number of hydrogen-bond donors (Lipinski definition) is 0. The first-order chi connectivity index (χ1) is 10.2. The van der Waals surface area contributed by atoms with Crippen LogP contribution in [0.2, 0.25) is 0 Å². The highest BCUT2D eigenvalue weighted by Gasteiger charge is 2.13. The summed E-state index contributed by atoms with van der Waals surface area (Å²) < 4.78 is 1.32.